The van der Waals surface area contributed by atoms with Gasteiger partial charge in [-0.15, -0.1) is 0 Å². The number of methoxy groups -OCH3 is 1. The molecule has 0 aliphatic carbocycles. The van der Waals surface area contributed by atoms with Gasteiger partial charge in [0.1, 0.15) is 23.8 Å². The van der Waals surface area contributed by atoms with Crippen molar-refractivity contribution in [2.24, 2.45) is 0 Å². The topological polar surface area (TPSA) is 56.7 Å². The fourth-order valence-corrected chi connectivity index (χ4v) is 4.19. The number of piperidine rings is 1. The molecule has 150 valence electrons. The highest BCUT2D eigenvalue weighted by atomic mass is 16.5. The van der Waals surface area contributed by atoms with E-state index in [0.29, 0.717) is 13.2 Å². The van der Waals surface area contributed by atoms with Crippen molar-refractivity contribution in [2.75, 3.05) is 40.0 Å². The molecule has 0 atom stereocenters. The third kappa shape index (κ3) is 4.19. The van der Waals surface area contributed by atoms with Crippen LogP contribution in [0.25, 0.3) is 0 Å². The Morgan fingerprint density at radius 1 is 1.21 bits per heavy atom. The number of rotatable bonds is 6. The molecule has 2 aliphatic rings. The van der Waals surface area contributed by atoms with Gasteiger partial charge >= 0.3 is 0 Å². The quantitative estimate of drug-likeness (QED) is 0.715. The average molecular weight is 383 g/mol. The second-order valence-electron chi connectivity index (χ2n) is 7.65. The van der Waals surface area contributed by atoms with Crippen LogP contribution in [0, 0.1) is 6.92 Å². The van der Waals surface area contributed by atoms with E-state index in [-0.39, 0.29) is 5.60 Å². The zero-order valence-corrected chi connectivity index (χ0v) is 16.8. The standard InChI is InChI=1S/C22H29N3O3/c1-17-23-15-19-6-11-28-22(21(19)24-17)7-9-25(10-8-22)16-18-4-3-5-20(14-18)27-13-12-26-2/h3-5,14-15H,6-13,16H2,1-2H3. The Bertz CT molecular complexity index is 803. The second kappa shape index (κ2) is 8.55. The molecule has 0 radical (unpaired) electrons. The van der Waals surface area contributed by atoms with Gasteiger partial charge in [0, 0.05) is 32.9 Å². The van der Waals surface area contributed by atoms with Gasteiger partial charge in [-0.2, -0.15) is 0 Å². The number of hydrogen-bond donors (Lipinski definition) is 0. The van der Waals surface area contributed by atoms with E-state index >= 15 is 0 Å². The molecule has 6 heteroatoms. The highest BCUT2D eigenvalue weighted by molar-refractivity contribution is 5.29. The smallest absolute Gasteiger partial charge is 0.125 e. The van der Waals surface area contributed by atoms with Gasteiger partial charge in [-0.3, -0.25) is 4.90 Å². The van der Waals surface area contributed by atoms with Gasteiger partial charge < -0.3 is 14.2 Å². The molecule has 28 heavy (non-hydrogen) atoms. The first-order chi connectivity index (χ1) is 13.7. The number of benzene rings is 1. The summed E-state index contributed by atoms with van der Waals surface area (Å²) >= 11 is 0. The number of ether oxygens (including phenoxy) is 3. The lowest BCUT2D eigenvalue weighted by molar-refractivity contribution is -0.102. The third-order valence-electron chi connectivity index (χ3n) is 5.69. The van der Waals surface area contributed by atoms with Crippen LogP contribution in [-0.2, 0) is 28.0 Å². The molecule has 1 fully saturated rings. The molecular weight excluding hydrogens is 354 g/mol. The van der Waals surface area contributed by atoms with Crippen LogP contribution >= 0.6 is 0 Å². The monoisotopic (exact) mass is 383 g/mol. The number of aromatic nitrogens is 2. The normalized spacial score (nSPS) is 18.8. The van der Waals surface area contributed by atoms with Crippen LogP contribution < -0.4 is 4.74 Å². The minimum Gasteiger partial charge on any atom is -0.491 e. The van der Waals surface area contributed by atoms with Gasteiger partial charge in [0.2, 0.25) is 0 Å². The van der Waals surface area contributed by atoms with Gasteiger partial charge in [-0.1, -0.05) is 12.1 Å². The number of fused-ring (bicyclic) bond motifs is 2. The van der Waals surface area contributed by atoms with Crippen molar-refractivity contribution in [1.29, 1.82) is 0 Å². The molecule has 3 heterocycles. The van der Waals surface area contributed by atoms with Crippen LogP contribution in [0.15, 0.2) is 30.5 Å². The lowest BCUT2D eigenvalue weighted by Crippen LogP contribution is -2.47. The van der Waals surface area contributed by atoms with E-state index in [1.807, 2.05) is 19.2 Å². The summed E-state index contributed by atoms with van der Waals surface area (Å²) in [5.74, 6) is 1.73. The van der Waals surface area contributed by atoms with E-state index in [1.54, 1.807) is 7.11 Å². The number of hydrogen-bond acceptors (Lipinski definition) is 6. The molecule has 0 amide bonds. The maximum absolute atomic E-state index is 6.31. The molecule has 2 aromatic rings. The summed E-state index contributed by atoms with van der Waals surface area (Å²) in [5, 5.41) is 0. The molecule has 6 nitrogen and oxygen atoms in total. The first-order valence-corrected chi connectivity index (χ1v) is 10.1. The van der Waals surface area contributed by atoms with Gasteiger partial charge in [-0.05, 0) is 49.4 Å². The molecule has 0 bridgehead atoms. The minimum atomic E-state index is -0.233. The highest BCUT2D eigenvalue weighted by Gasteiger charge is 2.42. The summed E-state index contributed by atoms with van der Waals surface area (Å²) in [4.78, 5) is 11.6. The predicted molar refractivity (Wildman–Crippen MR) is 106 cm³/mol. The Hall–Kier alpha value is -2.02. The predicted octanol–water partition coefficient (Wildman–Crippen LogP) is 2.87. The largest absolute Gasteiger partial charge is 0.491 e. The van der Waals surface area contributed by atoms with Crippen LogP contribution in [-0.4, -0.2) is 54.9 Å². The first-order valence-electron chi connectivity index (χ1n) is 10.1. The van der Waals surface area contributed by atoms with E-state index in [9.17, 15) is 0 Å². The van der Waals surface area contributed by atoms with Crippen LogP contribution in [0.4, 0.5) is 0 Å². The summed E-state index contributed by atoms with van der Waals surface area (Å²) in [7, 11) is 1.69. The van der Waals surface area contributed by atoms with E-state index in [2.05, 4.69) is 28.1 Å². The van der Waals surface area contributed by atoms with Crippen molar-refractivity contribution in [3.8, 4) is 5.75 Å². The molecule has 1 spiro atoms. The third-order valence-corrected chi connectivity index (χ3v) is 5.69. The lowest BCUT2D eigenvalue weighted by Gasteiger charge is -2.44. The Morgan fingerprint density at radius 3 is 2.89 bits per heavy atom. The Balaban J connectivity index is 1.39. The molecule has 2 aliphatic heterocycles. The lowest BCUT2D eigenvalue weighted by atomic mass is 9.83. The minimum absolute atomic E-state index is 0.233. The van der Waals surface area contributed by atoms with Gasteiger partial charge in [0.05, 0.1) is 18.9 Å². The van der Waals surface area contributed by atoms with E-state index in [1.165, 1.54) is 11.1 Å². The van der Waals surface area contributed by atoms with E-state index in [4.69, 9.17) is 19.2 Å². The Labute approximate surface area is 166 Å². The highest BCUT2D eigenvalue weighted by Crippen LogP contribution is 2.40. The Kier molecular flexibility index (Phi) is 5.90. The molecular formula is C22H29N3O3. The number of nitrogens with zero attached hydrogens (tertiary/aromatic N) is 3. The summed E-state index contributed by atoms with van der Waals surface area (Å²) < 4.78 is 17.1. The van der Waals surface area contributed by atoms with Crippen molar-refractivity contribution in [2.45, 2.75) is 38.3 Å². The molecule has 0 N–H and O–H groups in total. The summed E-state index contributed by atoms with van der Waals surface area (Å²) in [6.45, 7) is 6.81. The Morgan fingerprint density at radius 2 is 2.07 bits per heavy atom. The van der Waals surface area contributed by atoms with E-state index in [0.717, 1.165) is 62.8 Å². The maximum atomic E-state index is 6.31. The molecule has 4 rings (SSSR count). The molecule has 1 aromatic carbocycles. The van der Waals surface area contributed by atoms with Crippen LogP contribution in [0.1, 0.15) is 35.5 Å². The first kappa shape index (κ1) is 19.3. The fraction of sp³-hybridized carbons (Fsp3) is 0.545. The van der Waals surface area contributed by atoms with Crippen molar-refractivity contribution in [1.82, 2.24) is 14.9 Å². The average Bonchev–Trinajstić information content (AvgIpc) is 2.71. The molecule has 1 saturated heterocycles. The van der Waals surface area contributed by atoms with Crippen molar-refractivity contribution in [3.63, 3.8) is 0 Å². The fourth-order valence-electron chi connectivity index (χ4n) is 4.19. The number of aryl methyl sites for hydroxylation is 1. The van der Waals surface area contributed by atoms with Crippen molar-refractivity contribution < 1.29 is 14.2 Å². The van der Waals surface area contributed by atoms with Gasteiger partial charge in [0.25, 0.3) is 0 Å². The maximum Gasteiger partial charge on any atom is 0.125 e. The van der Waals surface area contributed by atoms with Crippen LogP contribution in [0.5, 0.6) is 5.75 Å². The molecule has 1 aromatic heterocycles. The SMILES string of the molecule is COCCOc1cccc(CN2CCC3(CC2)OCCc2cnc(C)nc23)c1. The summed E-state index contributed by atoms with van der Waals surface area (Å²) in [6.07, 6.45) is 4.85. The molecule has 0 unspecified atom stereocenters. The van der Waals surface area contributed by atoms with Gasteiger partial charge in [0.15, 0.2) is 0 Å². The van der Waals surface area contributed by atoms with Crippen molar-refractivity contribution in [3.05, 3.63) is 53.1 Å². The second-order valence-corrected chi connectivity index (χ2v) is 7.65. The summed E-state index contributed by atoms with van der Waals surface area (Å²) in [5.41, 5.74) is 3.42. The summed E-state index contributed by atoms with van der Waals surface area (Å²) in [6, 6.07) is 8.35. The zero-order valence-electron chi connectivity index (χ0n) is 16.8. The van der Waals surface area contributed by atoms with Crippen LogP contribution in [0.2, 0.25) is 0 Å². The number of likely N-dealkylation sites (tertiary alicyclic amines) is 1. The van der Waals surface area contributed by atoms with Gasteiger partial charge in [-0.25, -0.2) is 9.97 Å². The molecule has 0 saturated carbocycles. The van der Waals surface area contributed by atoms with Crippen molar-refractivity contribution >= 4 is 0 Å². The van der Waals surface area contributed by atoms with E-state index < -0.39 is 0 Å². The zero-order chi connectivity index (χ0) is 19.4. The van der Waals surface area contributed by atoms with Crippen LogP contribution in [0.3, 0.4) is 0 Å².